The summed E-state index contributed by atoms with van der Waals surface area (Å²) in [5.41, 5.74) is -0.202. The van der Waals surface area contributed by atoms with Gasteiger partial charge in [-0.2, -0.15) is 0 Å². The molecule has 2 aromatic carbocycles. The Bertz CT molecular complexity index is 784. The lowest BCUT2D eigenvalue weighted by molar-refractivity contribution is -0.384. The largest absolute Gasteiger partial charge is 0.504 e. The third-order valence-electron chi connectivity index (χ3n) is 2.97. The molecule has 2 amide bonds. The maximum atomic E-state index is 12.0. The molecule has 10 heteroatoms. The number of carbonyl (C=O) groups is 1. The first-order valence-corrected chi connectivity index (χ1v) is 6.47. The Morgan fingerprint density at radius 2 is 1.75 bits per heavy atom. The van der Waals surface area contributed by atoms with Crippen molar-refractivity contribution in [3.8, 4) is 23.0 Å². The van der Waals surface area contributed by atoms with E-state index < -0.39 is 28.2 Å². The molecular weight excluding hydrogens is 322 g/mol. The maximum Gasteiger partial charge on any atom is 0.323 e. The highest BCUT2D eigenvalue weighted by Gasteiger charge is 2.15. The van der Waals surface area contributed by atoms with Crippen molar-refractivity contribution in [1.29, 1.82) is 0 Å². The number of anilines is 2. The van der Waals surface area contributed by atoms with Crippen LogP contribution in [0.2, 0.25) is 0 Å². The van der Waals surface area contributed by atoms with E-state index in [1.54, 1.807) is 0 Å². The number of hydrogen-bond donors (Lipinski definition) is 5. The van der Waals surface area contributed by atoms with Gasteiger partial charge >= 0.3 is 6.03 Å². The molecule has 0 fully saturated rings. The fourth-order valence-electron chi connectivity index (χ4n) is 1.87. The van der Waals surface area contributed by atoms with E-state index in [1.165, 1.54) is 19.2 Å². The van der Waals surface area contributed by atoms with Gasteiger partial charge in [0.05, 0.1) is 23.4 Å². The number of urea groups is 1. The lowest BCUT2D eigenvalue weighted by Crippen LogP contribution is -2.19. The monoisotopic (exact) mass is 335 g/mol. The summed E-state index contributed by atoms with van der Waals surface area (Å²) in [6.45, 7) is 0. The van der Waals surface area contributed by atoms with Gasteiger partial charge in [0.25, 0.3) is 5.69 Å². The zero-order valence-electron chi connectivity index (χ0n) is 12.3. The molecule has 0 aliphatic heterocycles. The van der Waals surface area contributed by atoms with Gasteiger partial charge < -0.3 is 30.7 Å². The number of nitrogens with zero attached hydrogens (tertiary/aromatic N) is 1. The van der Waals surface area contributed by atoms with Gasteiger partial charge in [-0.15, -0.1) is 0 Å². The third-order valence-corrected chi connectivity index (χ3v) is 2.97. The Morgan fingerprint density at radius 1 is 1.12 bits per heavy atom. The van der Waals surface area contributed by atoms with Crippen LogP contribution in [0.1, 0.15) is 0 Å². The van der Waals surface area contributed by atoms with Gasteiger partial charge in [0.2, 0.25) is 0 Å². The van der Waals surface area contributed by atoms with Crippen molar-refractivity contribution < 1.29 is 29.8 Å². The van der Waals surface area contributed by atoms with Crippen LogP contribution in [0.5, 0.6) is 23.0 Å². The molecule has 2 aromatic rings. The average molecular weight is 335 g/mol. The predicted octanol–water partition coefficient (Wildman–Crippen LogP) is 2.36. The number of phenols is 3. The van der Waals surface area contributed by atoms with Gasteiger partial charge in [0, 0.05) is 24.3 Å². The quantitative estimate of drug-likeness (QED) is 0.249. The number of ether oxygens (including phenoxy) is 1. The number of nitro groups is 1. The summed E-state index contributed by atoms with van der Waals surface area (Å²) in [6, 6.07) is 4.88. The Hall–Kier alpha value is -3.69. The molecule has 0 aromatic heterocycles. The number of amides is 2. The number of nitrogens with one attached hydrogen (secondary N) is 2. The van der Waals surface area contributed by atoms with Crippen LogP contribution in [-0.4, -0.2) is 33.4 Å². The van der Waals surface area contributed by atoms with Crippen LogP contribution in [0.3, 0.4) is 0 Å². The number of nitro benzene ring substituents is 1. The number of non-ortho nitro benzene ring substituents is 1. The molecule has 24 heavy (non-hydrogen) atoms. The van der Waals surface area contributed by atoms with Crippen molar-refractivity contribution in [2.45, 2.75) is 0 Å². The number of hydrogen-bond acceptors (Lipinski definition) is 7. The van der Waals surface area contributed by atoms with E-state index in [0.29, 0.717) is 0 Å². The summed E-state index contributed by atoms with van der Waals surface area (Å²) in [6.07, 6.45) is 0. The summed E-state index contributed by atoms with van der Waals surface area (Å²) in [5.74, 6) is -1.77. The lowest BCUT2D eigenvalue weighted by Gasteiger charge is -2.12. The number of aromatic hydroxyl groups is 3. The molecule has 5 N–H and O–H groups in total. The topological polar surface area (TPSA) is 154 Å². The van der Waals surface area contributed by atoms with Gasteiger partial charge in [-0.3, -0.25) is 10.1 Å². The van der Waals surface area contributed by atoms with Crippen molar-refractivity contribution in [3.05, 3.63) is 40.4 Å². The molecule has 0 radical (unpaired) electrons. The second kappa shape index (κ2) is 6.60. The number of methoxy groups -OCH3 is 1. The Morgan fingerprint density at radius 3 is 2.29 bits per heavy atom. The molecular formula is C14H13N3O7. The number of rotatable bonds is 4. The first-order valence-electron chi connectivity index (χ1n) is 6.47. The number of benzene rings is 2. The van der Waals surface area contributed by atoms with Crippen LogP contribution >= 0.6 is 0 Å². The van der Waals surface area contributed by atoms with Crippen molar-refractivity contribution in [1.82, 2.24) is 0 Å². The molecule has 0 heterocycles. The highest BCUT2D eigenvalue weighted by Crippen LogP contribution is 2.37. The highest BCUT2D eigenvalue weighted by molar-refractivity contribution is 6.01. The second-order valence-corrected chi connectivity index (χ2v) is 4.58. The number of phenolic OH excluding ortho intramolecular Hbond substituents is 3. The van der Waals surface area contributed by atoms with E-state index in [1.807, 2.05) is 0 Å². The molecule has 126 valence electrons. The van der Waals surface area contributed by atoms with Gasteiger partial charge in [0.1, 0.15) is 5.75 Å². The Labute approximate surface area is 135 Å². The number of carbonyl (C=O) groups excluding carboxylic acids is 1. The minimum Gasteiger partial charge on any atom is -0.504 e. The standard InChI is InChI=1S/C14H13N3O7/c1-24-12-3-2-8(17(22)23)6-9(12)16-14(21)15-7-4-10(18)13(20)11(19)5-7/h2-6,18-20H,1H3,(H2,15,16,21). The summed E-state index contributed by atoms with van der Waals surface area (Å²) >= 11 is 0. The summed E-state index contributed by atoms with van der Waals surface area (Å²) in [7, 11) is 1.33. The Kier molecular flexibility index (Phi) is 4.59. The van der Waals surface area contributed by atoms with Crippen molar-refractivity contribution >= 4 is 23.1 Å². The SMILES string of the molecule is COc1ccc([N+](=O)[O-])cc1NC(=O)Nc1cc(O)c(O)c(O)c1. The van der Waals surface area contributed by atoms with Gasteiger partial charge in [-0.05, 0) is 6.07 Å². The van der Waals surface area contributed by atoms with E-state index in [2.05, 4.69) is 10.6 Å². The predicted molar refractivity (Wildman–Crippen MR) is 83.7 cm³/mol. The molecule has 10 nitrogen and oxygen atoms in total. The highest BCUT2D eigenvalue weighted by atomic mass is 16.6. The molecule has 0 saturated carbocycles. The normalized spacial score (nSPS) is 10.0. The molecule has 0 spiro atoms. The molecule has 0 aliphatic rings. The van der Waals surface area contributed by atoms with Crippen LogP contribution in [0.15, 0.2) is 30.3 Å². The summed E-state index contributed by atoms with van der Waals surface area (Å²) in [4.78, 5) is 22.1. The Balaban J connectivity index is 2.20. The minimum absolute atomic E-state index is 0.00954. The zero-order valence-corrected chi connectivity index (χ0v) is 12.3. The van der Waals surface area contributed by atoms with Crippen LogP contribution < -0.4 is 15.4 Å². The van der Waals surface area contributed by atoms with Crippen LogP contribution in [0, 0.1) is 10.1 Å². The van der Waals surface area contributed by atoms with Crippen molar-refractivity contribution in [2.75, 3.05) is 17.7 Å². The van der Waals surface area contributed by atoms with Crippen molar-refractivity contribution in [3.63, 3.8) is 0 Å². The van der Waals surface area contributed by atoms with E-state index in [-0.39, 0.29) is 22.8 Å². The van der Waals surface area contributed by atoms with Gasteiger partial charge in [-0.25, -0.2) is 4.79 Å². The van der Waals surface area contributed by atoms with E-state index in [4.69, 9.17) is 4.74 Å². The molecule has 0 atom stereocenters. The third kappa shape index (κ3) is 3.55. The molecule has 0 bridgehead atoms. The smallest absolute Gasteiger partial charge is 0.323 e. The fraction of sp³-hybridized carbons (Fsp3) is 0.0714. The van der Waals surface area contributed by atoms with Crippen LogP contribution in [0.25, 0.3) is 0 Å². The molecule has 0 aliphatic carbocycles. The van der Waals surface area contributed by atoms with E-state index in [9.17, 15) is 30.2 Å². The first-order chi connectivity index (χ1) is 11.3. The van der Waals surface area contributed by atoms with Crippen molar-refractivity contribution in [2.24, 2.45) is 0 Å². The first kappa shape index (κ1) is 16.7. The second-order valence-electron chi connectivity index (χ2n) is 4.58. The summed E-state index contributed by atoms with van der Waals surface area (Å²) in [5, 5.41) is 43.5. The fourth-order valence-corrected chi connectivity index (χ4v) is 1.87. The molecule has 0 saturated heterocycles. The maximum absolute atomic E-state index is 12.0. The van der Waals surface area contributed by atoms with Gasteiger partial charge in [-0.1, -0.05) is 0 Å². The van der Waals surface area contributed by atoms with Crippen LogP contribution in [-0.2, 0) is 0 Å². The van der Waals surface area contributed by atoms with E-state index >= 15 is 0 Å². The lowest BCUT2D eigenvalue weighted by atomic mass is 10.2. The average Bonchev–Trinajstić information content (AvgIpc) is 2.52. The summed E-state index contributed by atoms with van der Waals surface area (Å²) < 4.78 is 5.01. The molecule has 0 unspecified atom stereocenters. The van der Waals surface area contributed by atoms with E-state index in [0.717, 1.165) is 18.2 Å². The minimum atomic E-state index is -0.807. The van der Waals surface area contributed by atoms with Crippen LogP contribution in [0.4, 0.5) is 21.9 Å². The van der Waals surface area contributed by atoms with Gasteiger partial charge in [0.15, 0.2) is 17.2 Å². The zero-order chi connectivity index (χ0) is 17.9. The molecule has 2 rings (SSSR count).